The summed E-state index contributed by atoms with van der Waals surface area (Å²) < 4.78 is 1.14. The Kier molecular flexibility index (Phi) is 17.3. The second kappa shape index (κ2) is 22.1. The predicted molar refractivity (Wildman–Crippen MR) is 232 cm³/mol. The maximum absolute atomic E-state index is 4.11. The van der Waals surface area contributed by atoms with E-state index in [1.165, 1.54) is 49.7 Å². The van der Waals surface area contributed by atoms with Gasteiger partial charge in [-0.15, -0.1) is 11.8 Å². The zero-order valence-corrected chi connectivity index (χ0v) is 33.7. The number of benzene rings is 6. The Morgan fingerprint density at radius 1 is 0.510 bits per heavy atom. The summed E-state index contributed by atoms with van der Waals surface area (Å²) in [5.74, 6) is 1.85. The average molecular weight is 776 g/mol. The summed E-state index contributed by atoms with van der Waals surface area (Å²) in [4.78, 5) is 6.14. The maximum Gasteiger partial charge on any atom is 0.0429 e. The van der Waals surface area contributed by atoms with E-state index in [4.69, 9.17) is 0 Å². The van der Waals surface area contributed by atoms with E-state index in [1.807, 2.05) is 30.0 Å². The third-order valence-corrected chi connectivity index (χ3v) is 10.2. The monoisotopic (exact) mass is 774 g/mol. The van der Waals surface area contributed by atoms with Crippen LogP contribution in [-0.2, 0) is 24.6 Å². The van der Waals surface area contributed by atoms with Crippen LogP contribution in [0.4, 0.5) is 11.4 Å². The van der Waals surface area contributed by atoms with Gasteiger partial charge in [-0.25, -0.2) is 0 Å². The molecule has 0 aromatic heterocycles. The van der Waals surface area contributed by atoms with Crippen molar-refractivity contribution in [2.45, 2.75) is 57.2 Å². The highest BCUT2D eigenvalue weighted by atomic mass is 79.9. The Labute approximate surface area is 325 Å². The number of halogens is 1. The number of thiol groups is 1. The van der Waals surface area contributed by atoms with Gasteiger partial charge in [0, 0.05) is 58.4 Å². The summed E-state index contributed by atoms with van der Waals surface area (Å²) in [6, 6.07) is 55.7. The second-order valence-corrected chi connectivity index (χ2v) is 14.7. The zero-order chi connectivity index (χ0) is 36.3. The molecule has 6 rings (SSSR count). The van der Waals surface area contributed by atoms with E-state index in [0.29, 0.717) is 0 Å². The third-order valence-electron chi connectivity index (χ3n) is 8.31. The molecular formula is C46H51BrN2S2. The second-order valence-electron chi connectivity index (χ2n) is 12.4. The number of hydrogen-bond donors (Lipinski definition) is 1. The first kappa shape index (κ1) is 39.9. The quantitative estimate of drug-likeness (QED) is 0.0978. The Morgan fingerprint density at radius 3 is 1.45 bits per heavy atom. The van der Waals surface area contributed by atoms with Gasteiger partial charge < -0.3 is 9.80 Å². The lowest BCUT2D eigenvalue weighted by Gasteiger charge is -2.24. The van der Waals surface area contributed by atoms with E-state index in [1.54, 1.807) is 0 Å². The van der Waals surface area contributed by atoms with Crippen LogP contribution in [0.15, 0.2) is 167 Å². The fourth-order valence-corrected chi connectivity index (χ4v) is 7.15. The van der Waals surface area contributed by atoms with Crippen LogP contribution in [0.3, 0.4) is 0 Å². The minimum absolute atomic E-state index is 0.834. The van der Waals surface area contributed by atoms with Crippen molar-refractivity contribution < 1.29 is 0 Å². The fourth-order valence-electron chi connectivity index (χ4n) is 5.55. The van der Waals surface area contributed by atoms with Gasteiger partial charge in [0.05, 0.1) is 0 Å². The van der Waals surface area contributed by atoms with Gasteiger partial charge in [-0.1, -0.05) is 125 Å². The molecule has 0 aliphatic rings. The lowest BCUT2D eigenvalue weighted by molar-refractivity contribution is 0.829. The molecule has 0 saturated carbocycles. The molecule has 0 bridgehead atoms. The topological polar surface area (TPSA) is 6.48 Å². The first-order valence-corrected chi connectivity index (χ1v) is 20.1. The molecule has 0 unspecified atom stereocenters. The molecule has 5 heteroatoms. The van der Waals surface area contributed by atoms with E-state index in [9.17, 15) is 0 Å². The summed E-state index contributed by atoms with van der Waals surface area (Å²) in [6.07, 6.45) is 0. The highest BCUT2D eigenvalue weighted by Crippen LogP contribution is 2.25. The van der Waals surface area contributed by atoms with Crippen LogP contribution < -0.4 is 9.80 Å². The highest BCUT2D eigenvalue weighted by molar-refractivity contribution is 9.10. The molecule has 0 saturated heterocycles. The molecule has 264 valence electrons. The van der Waals surface area contributed by atoms with Crippen molar-refractivity contribution in [3.05, 3.63) is 196 Å². The number of rotatable bonds is 12. The van der Waals surface area contributed by atoms with Gasteiger partial charge in [0.1, 0.15) is 0 Å². The smallest absolute Gasteiger partial charge is 0.0429 e. The van der Waals surface area contributed by atoms with Crippen molar-refractivity contribution in [1.82, 2.24) is 0 Å². The zero-order valence-electron chi connectivity index (χ0n) is 30.4. The van der Waals surface area contributed by atoms with Crippen molar-refractivity contribution in [2.75, 3.05) is 22.9 Å². The summed E-state index contributed by atoms with van der Waals surface area (Å²) in [5, 5.41) is 0. The van der Waals surface area contributed by atoms with E-state index < -0.39 is 0 Å². The summed E-state index contributed by atoms with van der Waals surface area (Å²) in [6.45, 7) is 12.6. The van der Waals surface area contributed by atoms with Gasteiger partial charge in [-0.3, -0.25) is 0 Å². The first-order chi connectivity index (χ1) is 24.9. The number of nitrogens with zero attached hydrogens (tertiary/aromatic N) is 2. The summed E-state index contributed by atoms with van der Waals surface area (Å²) in [5.41, 5.74) is 10.5. The minimum Gasteiger partial charge on any atom is -0.367 e. The lowest BCUT2D eigenvalue weighted by Crippen LogP contribution is -2.21. The molecule has 6 aromatic carbocycles. The van der Waals surface area contributed by atoms with E-state index in [2.05, 4.69) is 206 Å². The van der Waals surface area contributed by atoms with E-state index in [0.717, 1.165) is 42.2 Å². The van der Waals surface area contributed by atoms with Crippen LogP contribution in [-0.4, -0.2) is 13.1 Å². The summed E-state index contributed by atoms with van der Waals surface area (Å²) >= 11 is 9.54. The first-order valence-electron chi connectivity index (χ1n) is 17.6. The average Bonchev–Trinajstić information content (AvgIpc) is 3.16. The number of aryl methyl sites for hydroxylation is 2. The number of anilines is 2. The molecule has 0 fully saturated rings. The predicted octanol–water partition coefficient (Wildman–Crippen LogP) is 13.2. The van der Waals surface area contributed by atoms with Crippen molar-refractivity contribution in [1.29, 1.82) is 0 Å². The van der Waals surface area contributed by atoms with Gasteiger partial charge >= 0.3 is 0 Å². The van der Waals surface area contributed by atoms with Crippen LogP contribution in [0, 0.1) is 13.8 Å². The molecule has 2 nitrogen and oxygen atoms in total. The molecule has 0 amide bonds. The minimum atomic E-state index is 0.834. The standard InChI is InChI=1S/C23H25NS.C16H18BrN.C7H8S/c1-3-24(22-13-7-9-19(2)15-22)17-21-12-8-14-23(16-21)25-18-20-10-5-4-6-11-20;1-3-18(16-9-4-6-13(2)10-16)12-14-7-5-8-15(17)11-14;8-6-7-4-2-1-3-5-7/h4-16H,3,17-18H2,1-2H3;4-11H,3,12H2,1-2H3;1-5,8H,6H2. The molecule has 0 radical (unpaired) electrons. The molecule has 0 aliphatic heterocycles. The Hall–Kier alpha value is -3.90. The SMILES string of the molecule is CCN(Cc1cccc(Br)c1)c1cccc(C)c1.CCN(Cc1cccc(SCc2ccccc2)c1)c1cccc(C)c1.SCc1ccccc1. The molecule has 51 heavy (non-hydrogen) atoms. The largest absolute Gasteiger partial charge is 0.367 e. The summed E-state index contributed by atoms with van der Waals surface area (Å²) in [7, 11) is 0. The fraction of sp³-hybridized carbons (Fsp3) is 0.217. The highest BCUT2D eigenvalue weighted by Gasteiger charge is 2.08. The van der Waals surface area contributed by atoms with Crippen molar-refractivity contribution in [2.24, 2.45) is 0 Å². The van der Waals surface area contributed by atoms with Gasteiger partial charge in [-0.05, 0) is 110 Å². The third kappa shape index (κ3) is 14.3. The number of thioether (sulfide) groups is 1. The molecule has 6 aromatic rings. The Bertz CT molecular complexity index is 1860. The molecule has 0 spiro atoms. The van der Waals surface area contributed by atoms with Gasteiger partial charge in [0.15, 0.2) is 0 Å². The normalized spacial score (nSPS) is 10.3. The molecule has 0 atom stereocenters. The van der Waals surface area contributed by atoms with Gasteiger partial charge in [-0.2, -0.15) is 12.6 Å². The van der Waals surface area contributed by atoms with Crippen molar-refractivity contribution in [3.63, 3.8) is 0 Å². The van der Waals surface area contributed by atoms with E-state index >= 15 is 0 Å². The molecule has 0 N–H and O–H groups in total. The van der Waals surface area contributed by atoms with Crippen LogP contribution >= 0.6 is 40.3 Å². The van der Waals surface area contributed by atoms with Crippen LogP contribution in [0.2, 0.25) is 0 Å². The molecule has 0 heterocycles. The molecular weight excluding hydrogens is 725 g/mol. The lowest BCUT2D eigenvalue weighted by atomic mass is 10.1. The van der Waals surface area contributed by atoms with Crippen LogP contribution in [0.1, 0.15) is 47.2 Å². The van der Waals surface area contributed by atoms with Crippen molar-refractivity contribution in [3.8, 4) is 0 Å². The Balaban J connectivity index is 0.000000194. The molecule has 0 aliphatic carbocycles. The van der Waals surface area contributed by atoms with Gasteiger partial charge in [0.25, 0.3) is 0 Å². The number of hydrogen-bond acceptors (Lipinski definition) is 4. The van der Waals surface area contributed by atoms with Crippen LogP contribution in [0.25, 0.3) is 0 Å². The maximum atomic E-state index is 4.11. The van der Waals surface area contributed by atoms with E-state index in [-0.39, 0.29) is 0 Å². The van der Waals surface area contributed by atoms with Gasteiger partial charge in [0.2, 0.25) is 0 Å². The van der Waals surface area contributed by atoms with Crippen molar-refractivity contribution >= 4 is 51.7 Å². The Morgan fingerprint density at radius 2 is 0.980 bits per heavy atom. The van der Waals surface area contributed by atoms with Crippen LogP contribution in [0.5, 0.6) is 0 Å².